The summed E-state index contributed by atoms with van der Waals surface area (Å²) in [7, 11) is 0. The molecule has 0 saturated carbocycles. The molecule has 0 radical (unpaired) electrons. The SMILES string of the molecule is O=C(CCC1CCCO1)NCCc1cc2ccccc2[nH]1. The minimum absolute atomic E-state index is 0.126. The summed E-state index contributed by atoms with van der Waals surface area (Å²) in [6.07, 6.45) is 4.77. The van der Waals surface area contributed by atoms with Gasteiger partial charge in [-0.1, -0.05) is 18.2 Å². The van der Waals surface area contributed by atoms with Gasteiger partial charge in [0, 0.05) is 37.2 Å². The molecule has 1 amide bonds. The highest BCUT2D eigenvalue weighted by molar-refractivity contribution is 5.80. The quantitative estimate of drug-likeness (QED) is 0.858. The lowest BCUT2D eigenvalue weighted by Gasteiger charge is -2.09. The highest BCUT2D eigenvalue weighted by Gasteiger charge is 2.16. The molecule has 1 aliphatic heterocycles. The number of carbonyl (C=O) groups is 1. The zero-order chi connectivity index (χ0) is 14.5. The summed E-state index contributed by atoms with van der Waals surface area (Å²) >= 11 is 0. The van der Waals surface area contributed by atoms with Crippen LogP contribution in [0.2, 0.25) is 0 Å². The largest absolute Gasteiger partial charge is 0.378 e. The van der Waals surface area contributed by atoms with Gasteiger partial charge in [0.1, 0.15) is 0 Å². The molecular weight excluding hydrogens is 264 g/mol. The van der Waals surface area contributed by atoms with Gasteiger partial charge in [0.05, 0.1) is 6.10 Å². The van der Waals surface area contributed by atoms with Crippen LogP contribution >= 0.6 is 0 Å². The topological polar surface area (TPSA) is 54.1 Å². The molecule has 0 spiro atoms. The average molecular weight is 286 g/mol. The summed E-state index contributed by atoms with van der Waals surface area (Å²) in [5.74, 6) is 0.126. The third-order valence-electron chi connectivity index (χ3n) is 4.02. The van der Waals surface area contributed by atoms with Crippen LogP contribution in [0.1, 0.15) is 31.4 Å². The molecule has 1 aliphatic rings. The predicted molar refractivity (Wildman–Crippen MR) is 83.2 cm³/mol. The lowest BCUT2D eigenvalue weighted by atomic mass is 10.1. The normalized spacial score (nSPS) is 18.2. The summed E-state index contributed by atoms with van der Waals surface area (Å²) in [4.78, 5) is 15.2. The number of benzene rings is 1. The van der Waals surface area contributed by atoms with E-state index in [4.69, 9.17) is 4.74 Å². The van der Waals surface area contributed by atoms with Gasteiger partial charge in [-0.3, -0.25) is 4.79 Å². The second-order valence-electron chi connectivity index (χ2n) is 5.66. The number of fused-ring (bicyclic) bond motifs is 1. The Bertz CT molecular complexity index is 567. The van der Waals surface area contributed by atoms with E-state index >= 15 is 0 Å². The Morgan fingerprint density at radius 2 is 2.29 bits per heavy atom. The summed E-state index contributed by atoms with van der Waals surface area (Å²) in [6.45, 7) is 1.53. The summed E-state index contributed by atoms with van der Waals surface area (Å²) in [6, 6.07) is 10.4. The first-order chi connectivity index (χ1) is 10.3. The number of hydrogen-bond acceptors (Lipinski definition) is 2. The van der Waals surface area contributed by atoms with Gasteiger partial charge >= 0.3 is 0 Å². The van der Waals surface area contributed by atoms with Crippen molar-refractivity contribution in [2.24, 2.45) is 0 Å². The molecule has 1 unspecified atom stereocenters. The number of para-hydroxylation sites is 1. The summed E-state index contributed by atoms with van der Waals surface area (Å²) in [5, 5.41) is 4.20. The average Bonchev–Trinajstić information content (AvgIpc) is 3.14. The van der Waals surface area contributed by atoms with Crippen LogP contribution in [0.25, 0.3) is 10.9 Å². The van der Waals surface area contributed by atoms with E-state index in [1.54, 1.807) is 0 Å². The highest BCUT2D eigenvalue weighted by atomic mass is 16.5. The fourth-order valence-electron chi connectivity index (χ4n) is 2.86. The van der Waals surface area contributed by atoms with Crippen molar-refractivity contribution in [2.45, 2.75) is 38.2 Å². The number of rotatable bonds is 6. The van der Waals surface area contributed by atoms with E-state index in [1.807, 2.05) is 12.1 Å². The minimum atomic E-state index is 0.126. The van der Waals surface area contributed by atoms with Gasteiger partial charge in [-0.05, 0) is 36.8 Å². The van der Waals surface area contributed by atoms with Crippen LogP contribution in [0.15, 0.2) is 30.3 Å². The van der Waals surface area contributed by atoms with Crippen LogP contribution in [0.5, 0.6) is 0 Å². The molecule has 1 fully saturated rings. The molecule has 21 heavy (non-hydrogen) atoms. The summed E-state index contributed by atoms with van der Waals surface area (Å²) < 4.78 is 5.53. The van der Waals surface area contributed by atoms with Crippen molar-refractivity contribution >= 4 is 16.8 Å². The predicted octanol–water partition coefficient (Wildman–Crippen LogP) is 2.79. The fraction of sp³-hybridized carbons (Fsp3) is 0.471. The number of nitrogens with one attached hydrogen (secondary N) is 2. The first kappa shape index (κ1) is 14.1. The van der Waals surface area contributed by atoms with Crippen molar-refractivity contribution in [2.75, 3.05) is 13.2 Å². The Kier molecular flexibility index (Phi) is 4.55. The Labute approximate surface area is 124 Å². The third-order valence-corrected chi connectivity index (χ3v) is 4.02. The van der Waals surface area contributed by atoms with E-state index < -0.39 is 0 Å². The third kappa shape index (κ3) is 3.85. The van der Waals surface area contributed by atoms with Gasteiger partial charge in [0.2, 0.25) is 5.91 Å². The monoisotopic (exact) mass is 286 g/mol. The van der Waals surface area contributed by atoms with Crippen LogP contribution in [-0.2, 0) is 16.0 Å². The van der Waals surface area contributed by atoms with E-state index in [2.05, 4.69) is 28.5 Å². The standard InChI is InChI=1S/C17H22N2O2/c20-17(8-7-15-5-3-11-21-15)18-10-9-14-12-13-4-1-2-6-16(13)19-14/h1-2,4,6,12,15,19H,3,5,7-11H2,(H,18,20). The number of hydrogen-bond donors (Lipinski definition) is 2. The van der Waals surface area contributed by atoms with Crippen molar-refractivity contribution in [3.8, 4) is 0 Å². The number of aromatic nitrogens is 1. The summed E-state index contributed by atoms with van der Waals surface area (Å²) in [5.41, 5.74) is 2.31. The molecule has 4 heteroatoms. The number of aromatic amines is 1. The van der Waals surface area contributed by atoms with E-state index in [0.29, 0.717) is 19.1 Å². The van der Waals surface area contributed by atoms with E-state index in [1.165, 1.54) is 5.39 Å². The zero-order valence-electron chi connectivity index (χ0n) is 12.2. The van der Waals surface area contributed by atoms with Crippen LogP contribution in [-0.4, -0.2) is 30.1 Å². The van der Waals surface area contributed by atoms with Crippen molar-refractivity contribution in [3.05, 3.63) is 36.0 Å². The molecule has 112 valence electrons. The molecule has 0 bridgehead atoms. The van der Waals surface area contributed by atoms with Gasteiger partial charge in [0.25, 0.3) is 0 Å². The molecule has 4 nitrogen and oxygen atoms in total. The van der Waals surface area contributed by atoms with Gasteiger partial charge in [-0.25, -0.2) is 0 Å². The van der Waals surface area contributed by atoms with E-state index in [9.17, 15) is 4.79 Å². The molecule has 1 atom stereocenters. The molecule has 2 aromatic rings. The first-order valence-electron chi connectivity index (χ1n) is 7.76. The molecule has 2 heterocycles. The molecule has 2 N–H and O–H groups in total. The van der Waals surface area contributed by atoms with Crippen molar-refractivity contribution in [1.82, 2.24) is 10.3 Å². The number of H-pyrrole nitrogens is 1. The maximum absolute atomic E-state index is 11.8. The van der Waals surface area contributed by atoms with Gasteiger partial charge in [-0.2, -0.15) is 0 Å². The van der Waals surface area contributed by atoms with Crippen molar-refractivity contribution < 1.29 is 9.53 Å². The van der Waals surface area contributed by atoms with Crippen LogP contribution in [0.3, 0.4) is 0 Å². The molecule has 1 aromatic heterocycles. The zero-order valence-corrected chi connectivity index (χ0v) is 12.2. The van der Waals surface area contributed by atoms with E-state index in [-0.39, 0.29) is 5.91 Å². The van der Waals surface area contributed by atoms with Gasteiger partial charge in [0.15, 0.2) is 0 Å². The van der Waals surface area contributed by atoms with E-state index in [0.717, 1.165) is 43.5 Å². The second-order valence-corrected chi connectivity index (χ2v) is 5.66. The number of amides is 1. The Balaban J connectivity index is 1.39. The van der Waals surface area contributed by atoms with Gasteiger partial charge < -0.3 is 15.0 Å². The maximum atomic E-state index is 11.8. The highest BCUT2D eigenvalue weighted by Crippen LogP contribution is 2.17. The fourth-order valence-corrected chi connectivity index (χ4v) is 2.86. The number of carbonyl (C=O) groups excluding carboxylic acids is 1. The number of ether oxygens (including phenoxy) is 1. The minimum Gasteiger partial charge on any atom is -0.378 e. The molecule has 1 saturated heterocycles. The Hall–Kier alpha value is -1.81. The second kappa shape index (κ2) is 6.76. The Morgan fingerprint density at radius 3 is 3.10 bits per heavy atom. The smallest absolute Gasteiger partial charge is 0.220 e. The van der Waals surface area contributed by atoms with Crippen LogP contribution < -0.4 is 5.32 Å². The lowest BCUT2D eigenvalue weighted by molar-refractivity contribution is -0.121. The molecular formula is C17H22N2O2. The van der Waals surface area contributed by atoms with Crippen molar-refractivity contribution in [1.29, 1.82) is 0 Å². The lowest BCUT2D eigenvalue weighted by Crippen LogP contribution is -2.26. The van der Waals surface area contributed by atoms with Gasteiger partial charge in [-0.15, -0.1) is 0 Å². The van der Waals surface area contributed by atoms with Crippen LogP contribution in [0, 0.1) is 0 Å². The molecule has 0 aliphatic carbocycles. The maximum Gasteiger partial charge on any atom is 0.220 e. The Morgan fingerprint density at radius 1 is 1.38 bits per heavy atom. The first-order valence-corrected chi connectivity index (χ1v) is 7.76. The van der Waals surface area contributed by atoms with Crippen LogP contribution in [0.4, 0.5) is 0 Å². The molecule has 3 rings (SSSR count). The molecule has 1 aromatic carbocycles. The van der Waals surface area contributed by atoms with Crippen molar-refractivity contribution in [3.63, 3.8) is 0 Å².